The maximum atomic E-state index is 5.80. The average Bonchev–Trinajstić information content (AvgIpc) is 2.62. The number of nitrogens with one attached hydrogen (secondary N) is 1. The molecule has 84 valence electrons. The molecule has 0 bridgehead atoms. The lowest BCUT2D eigenvalue weighted by Crippen LogP contribution is -2.50. The molecule has 1 saturated carbocycles. The Morgan fingerprint density at radius 1 is 1.47 bits per heavy atom. The van der Waals surface area contributed by atoms with E-state index in [1.54, 1.807) is 0 Å². The zero-order valence-electron chi connectivity index (χ0n) is 9.44. The third-order valence-electron chi connectivity index (χ3n) is 3.11. The van der Waals surface area contributed by atoms with Gasteiger partial charge in [0.1, 0.15) is 0 Å². The van der Waals surface area contributed by atoms with Crippen LogP contribution in [0.4, 0.5) is 0 Å². The summed E-state index contributed by atoms with van der Waals surface area (Å²) in [5, 5.41) is 5.87. The molecule has 0 aromatic carbocycles. The van der Waals surface area contributed by atoms with Gasteiger partial charge in [0, 0.05) is 23.0 Å². The highest BCUT2D eigenvalue weighted by Crippen LogP contribution is 2.29. The van der Waals surface area contributed by atoms with Crippen LogP contribution < -0.4 is 11.1 Å². The first kappa shape index (κ1) is 11.1. The monoisotopic (exact) mass is 224 g/mol. The summed E-state index contributed by atoms with van der Waals surface area (Å²) in [5.74, 6) is 0.639. The molecule has 1 aliphatic rings. The Balaban J connectivity index is 1.95. The molecular formula is C12H20N2S. The van der Waals surface area contributed by atoms with E-state index in [0.29, 0.717) is 24.0 Å². The minimum absolute atomic E-state index is 0.429. The third kappa shape index (κ3) is 2.60. The van der Waals surface area contributed by atoms with Crippen molar-refractivity contribution < 1.29 is 0 Å². The summed E-state index contributed by atoms with van der Waals surface area (Å²) >= 11 is 1.84. The van der Waals surface area contributed by atoms with Crippen LogP contribution in [0.25, 0.3) is 0 Å². The largest absolute Gasteiger partial charge is 0.328 e. The molecule has 1 aliphatic carbocycles. The Morgan fingerprint density at radius 3 is 2.67 bits per heavy atom. The zero-order valence-corrected chi connectivity index (χ0v) is 10.3. The van der Waals surface area contributed by atoms with Crippen molar-refractivity contribution in [3.8, 4) is 0 Å². The number of thiophene rings is 1. The van der Waals surface area contributed by atoms with Crippen molar-refractivity contribution in [1.29, 1.82) is 0 Å². The van der Waals surface area contributed by atoms with Gasteiger partial charge in [0.15, 0.2) is 0 Å². The molecule has 3 N–H and O–H groups in total. The van der Waals surface area contributed by atoms with Crippen LogP contribution in [0.5, 0.6) is 0 Å². The van der Waals surface area contributed by atoms with Gasteiger partial charge < -0.3 is 11.1 Å². The maximum absolute atomic E-state index is 5.80. The lowest BCUT2D eigenvalue weighted by molar-refractivity contribution is 0.245. The molecule has 2 rings (SSSR count). The molecule has 1 aromatic heterocycles. The van der Waals surface area contributed by atoms with E-state index in [0.717, 1.165) is 12.8 Å². The van der Waals surface area contributed by atoms with Crippen molar-refractivity contribution >= 4 is 11.3 Å². The highest BCUT2D eigenvalue weighted by Gasteiger charge is 2.29. The second-order valence-corrected chi connectivity index (χ2v) is 5.81. The maximum Gasteiger partial charge on any atom is 0.0440 e. The van der Waals surface area contributed by atoms with Gasteiger partial charge in [0.25, 0.3) is 0 Å². The topological polar surface area (TPSA) is 38.0 Å². The lowest BCUT2D eigenvalue weighted by Gasteiger charge is -2.37. The quantitative estimate of drug-likeness (QED) is 0.825. The van der Waals surface area contributed by atoms with Gasteiger partial charge in [-0.2, -0.15) is 0 Å². The van der Waals surface area contributed by atoms with Crippen molar-refractivity contribution in [3.05, 3.63) is 22.4 Å². The predicted octanol–water partition coefficient (Wildman–Crippen LogP) is 2.52. The molecule has 15 heavy (non-hydrogen) atoms. The van der Waals surface area contributed by atoms with Crippen LogP contribution in [0.15, 0.2) is 17.5 Å². The molecule has 0 radical (unpaired) electrons. The van der Waals surface area contributed by atoms with Gasteiger partial charge in [0.05, 0.1) is 0 Å². The van der Waals surface area contributed by atoms with E-state index >= 15 is 0 Å². The molecule has 1 aromatic rings. The van der Waals surface area contributed by atoms with Crippen LogP contribution in [0.3, 0.4) is 0 Å². The van der Waals surface area contributed by atoms with Crippen molar-refractivity contribution in [2.24, 2.45) is 11.7 Å². The predicted molar refractivity (Wildman–Crippen MR) is 66.0 cm³/mol. The fraction of sp³-hybridized carbons (Fsp3) is 0.667. The molecule has 0 aliphatic heterocycles. The third-order valence-corrected chi connectivity index (χ3v) is 4.06. The summed E-state index contributed by atoms with van der Waals surface area (Å²) in [5.41, 5.74) is 5.80. The van der Waals surface area contributed by atoms with Crippen molar-refractivity contribution in [3.63, 3.8) is 0 Å². The van der Waals surface area contributed by atoms with E-state index in [9.17, 15) is 0 Å². The Kier molecular flexibility index (Phi) is 3.44. The van der Waals surface area contributed by atoms with E-state index in [1.807, 2.05) is 11.3 Å². The molecule has 3 heteroatoms. The summed E-state index contributed by atoms with van der Waals surface area (Å²) in [4.78, 5) is 1.45. The van der Waals surface area contributed by atoms with E-state index in [4.69, 9.17) is 5.73 Å². The highest BCUT2D eigenvalue weighted by molar-refractivity contribution is 7.10. The number of hydrogen-bond donors (Lipinski definition) is 2. The number of nitrogens with two attached hydrogens (primary N) is 1. The van der Waals surface area contributed by atoms with Gasteiger partial charge in [-0.15, -0.1) is 11.3 Å². The van der Waals surface area contributed by atoms with Gasteiger partial charge in [0.2, 0.25) is 0 Å². The van der Waals surface area contributed by atoms with Crippen molar-refractivity contribution in [2.45, 2.75) is 44.8 Å². The van der Waals surface area contributed by atoms with E-state index in [2.05, 4.69) is 36.7 Å². The first-order chi connectivity index (χ1) is 7.16. The van der Waals surface area contributed by atoms with Gasteiger partial charge in [-0.3, -0.25) is 0 Å². The fourth-order valence-corrected chi connectivity index (χ4v) is 3.08. The second-order valence-electron chi connectivity index (χ2n) is 4.83. The minimum Gasteiger partial charge on any atom is -0.328 e. The SMILES string of the molecule is CC(C)C(NC1CC(N)C1)c1cccs1. The normalized spacial score (nSPS) is 27.7. The molecular weight excluding hydrogens is 204 g/mol. The standard InChI is InChI=1S/C12H20N2S/c1-8(2)12(11-4-3-5-15-11)14-10-6-9(13)7-10/h3-5,8-10,12,14H,6-7,13H2,1-2H3. The smallest absolute Gasteiger partial charge is 0.0440 e. The fourth-order valence-electron chi connectivity index (χ4n) is 2.12. The molecule has 0 amide bonds. The van der Waals surface area contributed by atoms with Crippen LogP contribution in [0.1, 0.15) is 37.6 Å². The summed E-state index contributed by atoms with van der Waals surface area (Å²) in [6.07, 6.45) is 2.27. The molecule has 1 fully saturated rings. The zero-order chi connectivity index (χ0) is 10.8. The summed E-state index contributed by atoms with van der Waals surface area (Å²) in [7, 11) is 0. The van der Waals surface area contributed by atoms with Crippen molar-refractivity contribution in [2.75, 3.05) is 0 Å². The van der Waals surface area contributed by atoms with Gasteiger partial charge in [-0.1, -0.05) is 19.9 Å². The molecule has 1 unspecified atom stereocenters. The van der Waals surface area contributed by atoms with Crippen LogP contribution in [0.2, 0.25) is 0 Å². The first-order valence-corrected chi connectivity index (χ1v) is 6.60. The van der Waals surface area contributed by atoms with Crippen molar-refractivity contribution in [1.82, 2.24) is 5.32 Å². The second kappa shape index (κ2) is 4.64. The van der Waals surface area contributed by atoms with E-state index in [-0.39, 0.29) is 0 Å². The molecule has 0 spiro atoms. The van der Waals surface area contributed by atoms with Gasteiger partial charge in [-0.25, -0.2) is 0 Å². The Hall–Kier alpha value is -0.380. The summed E-state index contributed by atoms with van der Waals surface area (Å²) in [6.45, 7) is 4.55. The molecule has 0 saturated heterocycles. The Morgan fingerprint density at radius 2 is 2.20 bits per heavy atom. The van der Waals surface area contributed by atoms with Crippen LogP contribution in [-0.2, 0) is 0 Å². The van der Waals surface area contributed by atoms with Gasteiger partial charge >= 0.3 is 0 Å². The molecule has 1 heterocycles. The summed E-state index contributed by atoms with van der Waals surface area (Å²) in [6, 6.07) is 5.92. The summed E-state index contributed by atoms with van der Waals surface area (Å²) < 4.78 is 0. The average molecular weight is 224 g/mol. The number of hydrogen-bond acceptors (Lipinski definition) is 3. The minimum atomic E-state index is 0.429. The molecule has 2 nitrogen and oxygen atoms in total. The Bertz CT molecular complexity index is 289. The first-order valence-electron chi connectivity index (χ1n) is 5.72. The van der Waals surface area contributed by atoms with E-state index in [1.165, 1.54) is 4.88 Å². The lowest BCUT2D eigenvalue weighted by atomic mass is 9.86. The van der Waals surface area contributed by atoms with Crippen LogP contribution in [0, 0.1) is 5.92 Å². The van der Waals surface area contributed by atoms with Gasteiger partial charge in [-0.05, 0) is 30.2 Å². The Labute approximate surface area is 95.9 Å². The van der Waals surface area contributed by atoms with E-state index < -0.39 is 0 Å². The van der Waals surface area contributed by atoms with Crippen LogP contribution >= 0.6 is 11.3 Å². The highest BCUT2D eigenvalue weighted by atomic mass is 32.1. The number of rotatable bonds is 4. The molecule has 1 atom stereocenters. The van der Waals surface area contributed by atoms with Crippen LogP contribution in [-0.4, -0.2) is 12.1 Å².